The van der Waals surface area contributed by atoms with E-state index in [9.17, 15) is 9.59 Å². The monoisotopic (exact) mass is 412 g/mol. The Morgan fingerprint density at radius 2 is 1.79 bits per heavy atom. The molecule has 5 heteroatoms. The van der Waals surface area contributed by atoms with E-state index in [0.29, 0.717) is 5.92 Å². The van der Waals surface area contributed by atoms with Gasteiger partial charge in [0, 0.05) is 37.3 Å². The second-order valence-corrected chi connectivity index (χ2v) is 9.85. The highest BCUT2D eigenvalue weighted by atomic mass is 32.1. The van der Waals surface area contributed by atoms with E-state index in [2.05, 4.69) is 30.0 Å². The molecule has 2 aliphatic heterocycles. The molecule has 2 amide bonds. The van der Waals surface area contributed by atoms with Gasteiger partial charge >= 0.3 is 0 Å². The van der Waals surface area contributed by atoms with Gasteiger partial charge in [0.15, 0.2) is 0 Å². The second kappa shape index (κ2) is 8.86. The number of fused-ring (bicyclic) bond motifs is 1. The molecule has 2 saturated heterocycles. The van der Waals surface area contributed by atoms with Crippen LogP contribution in [-0.2, 0) is 11.2 Å². The molecule has 2 aliphatic rings. The number of likely N-dealkylation sites (tertiary alicyclic amines) is 2. The summed E-state index contributed by atoms with van der Waals surface area (Å²) in [5, 5.41) is 1.19. The van der Waals surface area contributed by atoms with E-state index >= 15 is 0 Å². The number of benzene rings is 1. The van der Waals surface area contributed by atoms with Crippen molar-refractivity contribution in [3.8, 4) is 0 Å². The van der Waals surface area contributed by atoms with Crippen molar-refractivity contribution in [2.45, 2.75) is 64.8 Å². The third-order valence-corrected chi connectivity index (χ3v) is 7.89. The van der Waals surface area contributed by atoms with Crippen LogP contribution in [-0.4, -0.2) is 47.3 Å². The van der Waals surface area contributed by atoms with Crippen LogP contribution in [0.5, 0.6) is 0 Å². The number of hydrogen-bond donors (Lipinski definition) is 0. The van der Waals surface area contributed by atoms with Gasteiger partial charge in [-0.3, -0.25) is 9.59 Å². The van der Waals surface area contributed by atoms with Crippen molar-refractivity contribution < 1.29 is 9.59 Å². The summed E-state index contributed by atoms with van der Waals surface area (Å²) in [5.41, 5.74) is 1.16. The fourth-order valence-corrected chi connectivity index (χ4v) is 6.07. The lowest BCUT2D eigenvalue weighted by Gasteiger charge is -2.31. The molecule has 2 aromatic rings. The molecular formula is C24H32N2O2S. The minimum absolute atomic E-state index is 0.161. The fraction of sp³-hybridized carbons (Fsp3) is 0.583. The number of hydrogen-bond acceptors (Lipinski definition) is 3. The first-order chi connectivity index (χ1) is 14.0. The molecule has 0 aliphatic carbocycles. The van der Waals surface area contributed by atoms with Gasteiger partial charge in [-0.1, -0.05) is 38.0 Å². The van der Waals surface area contributed by atoms with Gasteiger partial charge in [0.05, 0.1) is 4.88 Å². The number of nitrogens with zero attached hydrogens (tertiary/aromatic N) is 2. The van der Waals surface area contributed by atoms with Crippen LogP contribution in [0.15, 0.2) is 24.3 Å². The topological polar surface area (TPSA) is 40.6 Å². The molecule has 1 aromatic heterocycles. The van der Waals surface area contributed by atoms with E-state index in [1.165, 1.54) is 16.5 Å². The predicted molar refractivity (Wildman–Crippen MR) is 119 cm³/mol. The van der Waals surface area contributed by atoms with Crippen molar-refractivity contribution in [3.05, 3.63) is 34.7 Å². The zero-order chi connectivity index (χ0) is 20.4. The van der Waals surface area contributed by atoms with E-state index in [-0.39, 0.29) is 17.9 Å². The Hall–Kier alpha value is -1.88. The number of carbonyl (C=O) groups is 2. The maximum Gasteiger partial charge on any atom is 0.264 e. The highest BCUT2D eigenvalue weighted by molar-refractivity contribution is 7.21. The lowest BCUT2D eigenvalue weighted by Crippen LogP contribution is -2.41. The molecule has 4 nitrogen and oxygen atoms in total. The summed E-state index contributed by atoms with van der Waals surface area (Å²) in [6.45, 7) is 6.52. The summed E-state index contributed by atoms with van der Waals surface area (Å²) in [5.74, 6) is 1.06. The van der Waals surface area contributed by atoms with Crippen molar-refractivity contribution in [1.29, 1.82) is 0 Å². The normalized spacial score (nSPS) is 21.4. The lowest BCUT2D eigenvalue weighted by molar-refractivity contribution is -0.131. The van der Waals surface area contributed by atoms with E-state index in [4.69, 9.17) is 0 Å². The summed E-state index contributed by atoms with van der Waals surface area (Å²) in [6, 6.07) is 8.57. The van der Waals surface area contributed by atoms with Gasteiger partial charge in [-0.15, -0.1) is 11.3 Å². The first-order valence-electron chi connectivity index (χ1n) is 11.1. The van der Waals surface area contributed by atoms with Crippen LogP contribution in [0.2, 0.25) is 0 Å². The first kappa shape index (κ1) is 20.4. The molecule has 156 valence electrons. The number of amides is 2. The molecule has 1 aromatic carbocycles. The Bertz CT molecular complexity index is 882. The molecule has 1 unspecified atom stereocenters. The predicted octanol–water partition coefficient (Wildman–Crippen LogP) is 5.11. The van der Waals surface area contributed by atoms with E-state index in [1.807, 2.05) is 11.0 Å². The number of piperidine rings is 1. The molecule has 0 spiro atoms. The summed E-state index contributed by atoms with van der Waals surface area (Å²) >= 11 is 1.64. The first-order valence-corrected chi connectivity index (χ1v) is 11.9. The van der Waals surface area contributed by atoms with Crippen LogP contribution in [0.1, 0.15) is 67.6 Å². The standard InChI is InChI=1S/C24H32N2O2S/c1-17-11-14-25(15-12-17)24(28)23-21(20-9-5-6-10-22(20)29-23)16-19-8-4-3-7-13-26(19)18(2)27/h5-6,9-10,17,19H,3-4,7-8,11-16H2,1-2H3. The quantitative estimate of drug-likeness (QED) is 0.703. The molecule has 4 rings (SSSR count). The van der Waals surface area contributed by atoms with Gasteiger partial charge in [-0.25, -0.2) is 0 Å². The Balaban J connectivity index is 1.68. The third-order valence-electron chi connectivity index (χ3n) is 6.68. The maximum atomic E-state index is 13.5. The molecule has 0 bridgehead atoms. The van der Waals surface area contributed by atoms with E-state index in [1.54, 1.807) is 18.3 Å². The smallest absolute Gasteiger partial charge is 0.264 e. The Kier molecular flexibility index (Phi) is 6.23. The van der Waals surface area contributed by atoms with Gasteiger partial charge in [0.1, 0.15) is 0 Å². The van der Waals surface area contributed by atoms with Crippen LogP contribution >= 0.6 is 11.3 Å². The zero-order valence-corrected chi connectivity index (χ0v) is 18.5. The average molecular weight is 413 g/mol. The van der Waals surface area contributed by atoms with Crippen LogP contribution in [0.4, 0.5) is 0 Å². The van der Waals surface area contributed by atoms with Crippen LogP contribution in [0.3, 0.4) is 0 Å². The second-order valence-electron chi connectivity index (χ2n) is 8.80. The van der Waals surface area contributed by atoms with Crippen LogP contribution in [0, 0.1) is 5.92 Å². The van der Waals surface area contributed by atoms with Crippen LogP contribution < -0.4 is 0 Å². The van der Waals surface area contributed by atoms with Gasteiger partial charge < -0.3 is 9.80 Å². The molecular weight excluding hydrogens is 380 g/mol. The highest BCUT2D eigenvalue weighted by Crippen LogP contribution is 2.35. The average Bonchev–Trinajstić information content (AvgIpc) is 2.91. The molecule has 0 N–H and O–H groups in total. The minimum Gasteiger partial charge on any atom is -0.340 e. The Morgan fingerprint density at radius 3 is 2.55 bits per heavy atom. The van der Waals surface area contributed by atoms with Crippen molar-refractivity contribution >= 4 is 33.2 Å². The number of rotatable bonds is 3. The third kappa shape index (κ3) is 4.35. The number of thiophene rings is 1. The van der Waals surface area contributed by atoms with E-state index in [0.717, 1.165) is 68.6 Å². The Morgan fingerprint density at radius 1 is 1.03 bits per heavy atom. The molecule has 29 heavy (non-hydrogen) atoms. The van der Waals surface area contributed by atoms with Crippen LogP contribution in [0.25, 0.3) is 10.1 Å². The molecule has 0 saturated carbocycles. The van der Waals surface area contributed by atoms with Gasteiger partial charge in [-0.05, 0) is 55.0 Å². The molecule has 3 heterocycles. The minimum atomic E-state index is 0.161. The van der Waals surface area contributed by atoms with E-state index < -0.39 is 0 Å². The summed E-state index contributed by atoms with van der Waals surface area (Å²) in [6.07, 6.45) is 7.41. The lowest BCUT2D eigenvalue weighted by atomic mass is 9.96. The SMILES string of the molecule is CC(=O)N1CCCCCC1Cc1c(C(=O)N2CCC(C)CC2)sc2ccccc12. The number of carbonyl (C=O) groups excluding carboxylic acids is 2. The Labute approximate surface area is 177 Å². The van der Waals surface area contributed by atoms with Crippen molar-refractivity contribution in [1.82, 2.24) is 9.80 Å². The summed E-state index contributed by atoms with van der Waals surface area (Å²) in [7, 11) is 0. The van der Waals surface area contributed by atoms with Crippen molar-refractivity contribution in [3.63, 3.8) is 0 Å². The highest BCUT2D eigenvalue weighted by Gasteiger charge is 2.30. The molecule has 1 atom stereocenters. The summed E-state index contributed by atoms with van der Waals surface area (Å²) < 4.78 is 1.18. The molecule has 0 radical (unpaired) electrons. The van der Waals surface area contributed by atoms with Gasteiger partial charge in [0.25, 0.3) is 5.91 Å². The summed E-state index contributed by atoms with van der Waals surface area (Å²) in [4.78, 5) is 30.8. The largest absolute Gasteiger partial charge is 0.340 e. The maximum absolute atomic E-state index is 13.5. The fourth-order valence-electron chi connectivity index (χ4n) is 4.87. The van der Waals surface area contributed by atoms with Gasteiger partial charge in [-0.2, -0.15) is 0 Å². The van der Waals surface area contributed by atoms with Gasteiger partial charge in [0.2, 0.25) is 5.91 Å². The van der Waals surface area contributed by atoms with Crippen molar-refractivity contribution in [2.75, 3.05) is 19.6 Å². The molecule has 2 fully saturated rings. The zero-order valence-electron chi connectivity index (χ0n) is 17.7. The van der Waals surface area contributed by atoms with Crippen molar-refractivity contribution in [2.24, 2.45) is 5.92 Å².